The highest BCUT2D eigenvalue weighted by Crippen LogP contribution is 2.42. The standard InChI is InChI=1S/C22H28FNO2/c1-16(13-18-9-7-6-8-10-18)22(25,17(2)15-24(3)4)20-14-19(23)11-12-21(20)26-5/h6-14,17,25H,15H2,1-5H3/b16-13-. The molecule has 0 saturated heterocycles. The molecule has 1 N–H and O–H groups in total. The molecule has 26 heavy (non-hydrogen) atoms. The van der Waals surface area contributed by atoms with Crippen LogP contribution in [0.15, 0.2) is 54.1 Å². The normalized spacial score (nSPS) is 15.6. The minimum absolute atomic E-state index is 0.187. The van der Waals surface area contributed by atoms with Crippen molar-refractivity contribution in [1.82, 2.24) is 4.90 Å². The number of aliphatic hydroxyl groups is 1. The summed E-state index contributed by atoms with van der Waals surface area (Å²) in [6, 6.07) is 14.1. The van der Waals surface area contributed by atoms with E-state index in [1.54, 1.807) is 6.07 Å². The molecule has 0 aliphatic heterocycles. The van der Waals surface area contributed by atoms with Crippen LogP contribution in [0, 0.1) is 11.7 Å². The smallest absolute Gasteiger partial charge is 0.125 e. The van der Waals surface area contributed by atoms with Gasteiger partial charge in [0.25, 0.3) is 0 Å². The largest absolute Gasteiger partial charge is 0.496 e. The van der Waals surface area contributed by atoms with Crippen molar-refractivity contribution in [3.63, 3.8) is 0 Å². The van der Waals surface area contributed by atoms with Crippen molar-refractivity contribution in [3.05, 3.63) is 71.0 Å². The van der Waals surface area contributed by atoms with Crippen LogP contribution in [0.3, 0.4) is 0 Å². The number of hydrogen-bond acceptors (Lipinski definition) is 3. The Balaban J connectivity index is 2.63. The third-order valence-corrected chi connectivity index (χ3v) is 4.71. The zero-order chi connectivity index (χ0) is 19.3. The van der Waals surface area contributed by atoms with Crippen LogP contribution in [0.1, 0.15) is 25.0 Å². The Bertz CT molecular complexity index is 758. The van der Waals surface area contributed by atoms with E-state index in [0.29, 0.717) is 17.9 Å². The highest BCUT2D eigenvalue weighted by atomic mass is 19.1. The number of methoxy groups -OCH3 is 1. The van der Waals surface area contributed by atoms with Crippen LogP contribution in [-0.4, -0.2) is 37.8 Å². The van der Waals surface area contributed by atoms with Crippen LogP contribution >= 0.6 is 0 Å². The van der Waals surface area contributed by atoms with E-state index >= 15 is 0 Å². The molecule has 2 aromatic carbocycles. The number of ether oxygens (including phenoxy) is 1. The van der Waals surface area contributed by atoms with Crippen molar-refractivity contribution >= 4 is 6.08 Å². The van der Waals surface area contributed by atoms with Crippen LogP contribution in [-0.2, 0) is 5.60 Å². The Morgan fingerprint density at radius 1 is 1.23 bits per heavy atom. The lowest BCUT2D eigenvalue weighted by Gasteiger charge is -2.38. The van der Waals surface area contributed by atoms with Gasteiger partial charge < -0.3 is 14.7 Å². The van der Waals surface area contributed by atoms with Gasteiger partial charge in [-0.3, -0.25) is 0 Å². The Kier molecular flexibility index (Phi) is 6.57. The maximum absolute atomic E-state index is 14.0. The first-order valence-electron chi connectivity index (χ1n) is 8.74. The first-order chi connectivity index (χ1) is 12.3. The second-order valence-electron chi connectivity index (χ2n) is 7.01. The highest BCUT2D eigenvalue weighted by molar-refractivity contribution is 5.57. The van der Waals surface area contributed by atoms with Gasteiger partial charge in [-0.15, -0.1) is 0 Å². The molecule has 2 unspecified atom stereocenters. The molecule has 3 nitrogen and oxygen atoms in total. The van der Waals surface area contributed by atoms with E-state index < -0.39 is 11.4 Å². The van der Waals surface area contributed by atoms with Crippen molar-refractivity contribution in [1.29, 1.82) is 0 Å². The number of rotatable bonds is 7. The van der Waals surface area contributed by atoms with Gasteiger partial charge >= 0.3 is 0 Å². The van der Waals surface area contributed by atoms with Gasteiger partial charge in [0.05, 0.1) is 7.11 Å². The minimum Gasteiger partial charge on any atom is -0.496 e. The molecule has 0 aromatic heterocycles. The summed E-state index contributed by atoms with van der Waals surface area (Å²) < 4.78 is 19.5. The molecule has 0 radical (unpaired) electrons. The molecule has 140 valence electrons. The van der Waals surface area contributed by atoms with Crippen molar-refractivity contribution in [2.24, 2.45) is 5.92 Å². The molecule has 0 amide bonds. The average molecular weight is 357 g/mol. The Morgan fingerprint density at radius 3 is 2.46 bits per heavy atom. The Labute approximate surface area is 155 Å². The summed E-state index contributed by atoms with van der Waals surface area (Å²) in [4.78, 5) is 2.01. The van der Waals surface area contributed by atoms with E-state index in [9.17, 15) is 9.50 Å². The van der Waals surface area contributed by atoms with Crippen molar-refractivity contribution < 1.29 is 14.2 Å². The van der Waals surface area contributed by atoms with Gasteiger partial charge in [-0.1, -0.05) is 43.3 Å². The fourth-order valence-corrected chi connectivity index (χ4v) is 3.43. The molecule has 0 heterocycles. The van der Waals surface area contributed by atoms with Crippen LogP contribution in [0.2, 0.25) is 0 Å². The quantitative estimate of drug-likeness (QED) is 0.801. The monoisotopic (exact) mass is 357 g/mol. The number of halogens is 1. The van der Waals surface area contributed by atoms with Gasteiger partial charge in [0.15, 0.2) is 0 Å². The lowest BCUT2D eigenvalue weighted by atomic mass is 9.75. The van der Waals surface area contributed by atoms with Crippen molar-refractivity contribution in [2.75, 3.05) is 27.7 Å². The van der Waals surface area contributed by atoms with Crippen LogP contribution in [0.4, 0.5) is 4.39 Å². The van der Waals surface area contributed by atoms with Crippen molar-refractivity contribution in [3.8, 4) is 5.75 Å². The van der Waals surface area contributed by atoms with Crippen LogP contribution in [0.5, 0.6) is 5.75 Å². The summed E-state index contributed by atoms with van der Waals surface area (Å²) in [6.45, 7) is 4.48. The van der Waals surface area contributed by atoms with Gasteiger partial charge in [0.1, 0.15) is 17.2 Å². The summed E-state index contributed by atoms with van der Waals surface area (Å²) in [7, 11) is 5.44. The topological polar surface area (TPSA) is 32.7 Å². The first-order valence-corrected chi connectivity index (χ1v) is 8.74. The van der Waals surface area contributed by atoms with E-state index in [1.807, 2.05) is 69.3 Å². The van der Waals surface area contributed by atoms with Crippen LogP contribution < -0.4 is 4.74 Å². The van der Waals surface area contributed by atoms with Crippen LogP contribution in [0.25, 0.3) is 6.08 Å². The minimum atomic E-state index is -1.37. The zero-order valence-corrected chi connectivity index (χ0v) is 16.2. The summed E-state index contributed by atoms with van der Waals surface area (Å²) in [5.41, 5.74) is 0.796. The third kappa shape index (κ3) is 4.32. The van der Waals surface area contributed by atoms with Crippen molar-refractivity contribution in [2.45, 2.75) is 19.4 Å². The van der Waals surface area contributed by atoms with Gasteiger partial charge in [-0.2, -0.15) is 0 Å². The van der Waals surface area contributed by atoms with Gasteiger partial charge in [0.2, 0.25) is 0 Å². The zero-order valence-electron chi connectivity index (χ0n) is 16.2. The molecule has 2 rings (SSSR count). The van der Waals surface area contributed by atoms with Gasteiger partial charge in [-0.05, 0) is 50.4 Å². The number of nitrogens with zero attached hydrogens (tertiary/aromatic N) is 1. The summed E-state index contributed by atoms with van der Waals surface area (Å²) in [5.74, 6) is -0.114. The second kappa shape index (κ2) is 8.47. The maximum Gasteiger partial charge on any atom is 0.125 e. The fourth-order valence-electron chi connectivity index (χ4n) is 3.43. The summed E-state index contributed by atoms with van der Waals surface area (Å²) in [6.07, 6.45) is 1.94. The van der Waals surface area contributed by atoms with E-state index in [1.165, 1.54) is 19.2 Å². The van der Waals surface area contributed by atoms with E-state index in [4.69, 9.17) is 4.74 Å². The second-order valence-corrected chi connectivity index (χ2v) is 7.01. The first kappa shape index (κ1) is 20.1. The fraction of sp³-hybridized carbons (Fsp3) is 0.364. The lowest BCUT2D eigenvalue weighted by molar-refractivity contribution is 0.00830. The predicted octanol–water partition coefficient (Wildman–Crippen LogP) is 4.32. The van der Waals surface area contributed by atoms with E-state index in [0.717, 1.165) is 11.1 Å². The van der Waals surface area contributed by atoms with Gasteiger partial charge in [-0.25, -0.2) is 4.39 Å². The number of benzene rings is 2. The highest BCUT2D eigenvalue weighted by Gasteiger charge is 2.40. The van der Waals surface area contributed by atoms with E-state index in [-0.39, 0.29) is 5.92 Å². The molecule has 4 heteroatoms. The maximum atomic E-state index is 14.0. The molecular formula is C22H28FNO2. The van der Waals surface area contributed by atoms with E-state index in [2.05, 4.69) is 0 Å². The molecular weight excluding hydrogens is 329 g/mol. The molecule has 0 aliphatic rings. The molecule has 0 fully saturated rings. The SMILES string of the molecule is COc1ccc(F)cc1C(O)(/C(C)=C\c1ccccc1)C(C)CN(C)C. The Morgan fingerprint density at radius 2 is 1.88 bits per heavy atom. The summed E-state index contributed by atoms with van der Waals surface area (Å²) in [5, 5.41) is 11.8. The lowest BCUT2D eigenvalue weighted by Crippen LogP contribution is -2.40. The molecule has 2 atom stereocenters. The van der Waals surface area contributed by atoms with Gasteiger partial charge in [0, 0.05) is 18.0 Å². The molecule has 2 aromatic rings. The molecule has 0 aliphatic carbocycles. The summed E-state index contributed by atoms with van der Waals surface area (Å²) >= 11 is 0. The average Bonchev–Trinajstić information content (AvgIpc) is 2.61. The number of hydrogen-bond donors (Lipinski definition) is 1. The molecule has 0 spiro atoms. The molecule has 0 saturated carbocycles. The third-order valence-electron chi connectivity index (χ3n) is 4.71. The molecule has 0 bridgehead atoms. The Hall–Kier alpha value is -2.17. The predicted molar refractivity (Wildman–Crippen MR) is 105 cm³/mol.